The normalized spacial score (nSPS) is 11.9. The Kier molecular flexibility index (Phi) is 4.64. The number of nitrogens with zero attached hydrogens (tertiary/aromatic N) is 3. The van der Waals surface area contributed by atoms with Crippen LogP contribution in [0.3, 0.4) is 0 Å². The third-order valence-corrected chi connectivity index (χ3v) is 4.38. The first-order chi connectivity index (χ1) is 11.1. The molecule has 0 saturated carbocycles. The molecule has 0 radical (unpaired) electrons. The van der Waals surface area contributed by atoms with Crippen LogP contribution in [0.1, 0.15) is 17.8 Å². The van der Waals surface area contributed by atoms with E-state index in [2.05, 4.69) is 73.2 Å². The van der Waals surface area contributed by atoms with Gasteiger partial charge in [-0.25, -0.2) is 0 Å². The molecule has 2 aromatic heterocycles. The van der Waals surface area contributed by atoms with Crippen LogP contribution in [0.2, 0.25) is 0 Å². The van der Waals surface area contributed by atoms with Gasteiger partial charge in [0.25, 0.3) is 0 Å². The van der Waals surface area contributed by atoms with Crippen LogP contribution in [0.5, 0.6) is 0 Å². The lowest BCUT2D eigenvalue weighted by Crippen LogP contribution is -2.21. The predicted molar refractivity (Wildman–Crippen MR) is 97.8 cm³/mol. The average molecular weight is 310 g/mol. The van der Waals surface area contributed by atoms with Crippen LogP contribution in [0.4, 0.5) is 0 Å². The van der Waals surface area contributed by atoms with Crippen LogP contribution in [-0.4, -0.2) is 41.6 Å². The lowest BCUT2D eigenvalue weighted by atomic mass is 10.1. The number of benzene rings is 1. The van der Waals surface area contributed by atoms with E-state index < -0.39 is 0 Å². The molecule has 0 saturated heterocycles. The van der Waals surface area contributed by atoms with Crippen molar-refractivity contribution in [1.29, 1.82) is 0 Å². The summed E-state index contributed by atoms with van der Waals surface area (Å²) in [5, 5.41) is 6.12. The molecular weight excluding hydrogens is 284 g/mol. The van der Waals surface area contributed by atoms with E-state index in [1.54, 1.807) is 0 Å². The van der Waals surface area contributed by atoms with Crippen LogP contribution in [0, 0.1) is 6.92 Å². The highest BCUT2D eigenvalue weighted by Crippen LogP contribution is 2.29. The molecule has 3 aromatic rings. The van der Waals surface area contributed by atoms with Crippen LogP contribution < -0.4 is 5.32 Å². The molecule has 0 spiro atoms. The van der Waals surface area contributed by atoms with Crippen molar-refractivity contribution in [2.75, 3.05) is 27.2 Å². The Morgan fingerprint density at radius 3 is 2.74 bits per heavy atom. The van der Waals surface area contributed by atoms with Gasteiger partial charge in [-0.3, -0.25) is 4.98 Å². The number of pyridine rings is 1. The maximum atomic E-state index is 4.80. The van der Waals surface area contributed by atoms with Crippen LogP contribution in [0.15, 0.2) is 30.3 Å². The number of aryl methyl sites for hydroxylation is 2. The van der Waals surface area contributed by atoms with Crippen LogP contribution in [-0.2, 0) is 13.6 Å². The number of nitrogens with one attached hydrogen (secondary N) is 1. The fourth-order valence-corrected chi connectivity index (χ4v) is 3.30. The number of fused-ring (bicyclic) bond motifs is 3. The summed E-state index contributed by atoms with van der Waals surface area (Å²) in [4.78, 5) is 7.01. The van der Waals surface area contributed by atoms with Crippen LogP contribution >= 0.6 is 0 Å². The third kappa shape index (κ3) is 3.23. The van der Waals surface area contributed by atoms with Gasteiger partial charge >= 0.3 is 0 Å². The second kappa shape index (κ2) is 6.69. The van der Waals surface area contributed by atoms with Crippen molar-refractivity contribution >= 4 is 21.8 Å². The predicted octanol–water partition coefficient (Wildman–Crippen LogP) is 3.08. The number of rotatable bonds is 6. The van der Waals surface area contributed by atoms with Crippen molar-refractivity contribution in [3.8, 4) is 0 Å². The Hall–Kier alpha value is -1.91. The van der Waals surface area contributed by atoms with Crippen molar-refractivity contribution in [3.05, 3.63) is 41.7 Å². The Morgan fingerprint density at radius 1 is 1.17 bits per heavy atom. The molecule has 0 aliphatic rings. The lowest BCUT2D eigenvalue weighted by Gasteiger charge is -2.10. The van der Waals surface area contributed by atoms with E-state index in [4.69, 9.17) is 4.98 Å². The van der Waals surface area contributed by atoms with Gasteiger partial charge in [0.2, 0.25) is 0 Å². The molecule has 2 heterocycles. The molecule has 1 aromatic carbocycles. The summed E-state index contributed by atoms with van der Waals surface area (Å²) in [5.41, 5.74) is 4.73. The van der Waals surface area contributed by atoms with E-state index in [0.29, 0.717) is 0 Å². The molecule has 3 rings (SSSR count). The zero-order valence-electron chi connectivity index (χ0n) is 14.6. The third-order valence-electron chi connectivity index (χ3n) is 4.38. The van der Waals surface area contributed by atoms with Gasteiger partial charge in [-0.15, -0.1) is 0 Å². The molecule has 0 fully saturated rings. The highest BCUT2D eigenvalue weighted by Gasteiger charge is 2.12. The van der Waals surface area contributed by atoms with Crippen molar-refractivity contribution in [2.24, 2.45) is 7.05 Å². The summed E-state index contributed by atoms with van der Waals surface area (Å²) in [6.45, 7) is 5.07. The lowest BCUT2D eigenvalue weighted by molar-refractivity contribution is 0.394. The largest absolute Gasteiger partial charge is 0.342 e. The topological polar surface area (TPSA) is 33.1 Å². The van der Waals surface area contributed by atoms with Gasteiger partial charge in [0.05, 0.1) is 16.9 Å². The zero-order chi connectivity index (χ0) is 16.4. The Morgan fingerprint density at radius 2 is 1.96 bits per heavy atom. The van der Waals surface area contributed by atoms with Gasteiger partial charge in [0.15, 0.2) is 0 Å². The second-order valence-corrected chi connectivity index (χ2v) is 6.50. The molecule has 122 valence electrons. The first kappa shape index (κ1) is 16.0. The highest BCUT2D eigenvalue weighted by atomic mass is 15.1. The molecule has 0 bridgehead atoms. The maximum Gasteiger partial charge on any atom is 0.0705 e. The number of aromatic nitrogens is 2. The quantitative estimate of drug-likeness (QED) is 0.710. The summed E-state index contributed by atoms with van der Waals surface area (Å²) in [6, 6.07) is 10.8. The van der Waals surface area contributed by atoms with Crippen molar-refractivity contribution in [3.63, 3.8) is 0 Å². The second-order valence-electron chi connectivity index (χ2n) is 6.50. The molecule has 1 N–H and O–H groups in total. The van der Waals surface area contributed by atoms with Gasteiger partial charge in [0, 0.05) is 29.9 Å². The fourth-order valence-electron chi connectivity index (χ4n) is 3.30. The highest BCUT2D eigenvalue weighted by molar-refractivity contribution is 6.08. The first-order valence-electron chi connectivity index (χ1n) is 8.27. The van der Waals surface area contributed by atoms with Crippen molar-refractivity contribution in [1.82, 2.24) is 19.8 Å². The summed E-state index contributed by atoms with van der Waals surface area (Å²) in [7, 11) is 6.34. The number of hydrogen-bond acceptors (Lipinski definition) is 3. The minimum Gasteiger partial charge on any atom is -0.342 e. The van der Waals surface area contributed by atoms with E-state index in [-0.39, 0.29) is 0 Å². The maximum absolute atomic E-state index is 4.80. The molecule has 0 aliphatic carbocycles. The molecule has 23 heavy (non-hydrogen) atoms. The number of hydrogen-bond donors (Lipinski definition) is 1. The molecule has 0 atom stereocenters. The van der Waals surface area contributed by atoms with Gasteiger partial charge < -0.3 is 14.8 Å². The molecule has 0 amide bonds. The van der Waals surface area contributed by atoms with Gasteiger partial charge in [-0.2, -0.15) is 0 Å². The Balaban J connectivity index is 1.84. The number of para-hydroxylation sites is 1. The summed E-state index contributed by atoms with van der Waals surface area (Å²) >= 11 is 0. The SMILES string of the molecule is Cc1nc(CNCCCN(C)C)cc2c3ccccc3n(C)c12. The molecule has 4 nitrogen and oxygen atoms in total. The molecule has 4 heteroatoms. The molecular formula is C19H26N4. The summed E-state index contributed by atoms with van der Waals surface area (Å²) in [5.74, 6) is 0. The summed E-state index contributed by atoms with van der Waals surface area (Å²) in [6.07, 6.45) is 1.16. The smallest absolute Gasteiger partial charge is 0.0705 e. The monoisotopic (exact) mass is 310 g/mol. The molecule has 0 unspecified atom stereocenters. The Bertz CT molecular complexity index is 817. The van der Waals surface area contributed by atoms with E-state index >= 15 is 0 Å². The standard InChI is InChI=1S/C19H26N4/c1-14-19-17(16-8-5-6-9-18(16)23(19)4)12-15(21-14)13-20-10-7-11-22(2)3/h5-6,8-9,12,20H,7,10-11,13H2,1-4H3. The van der Waals surface area contributed by atoms with Crippen molar-refractivity contribution in [2.45, 2.75) is 19.9 Å². The van der Waals surface area contributed by atoms with E-state index in [0.717, 1.165) is 37.4 Å². The molecule has 0 aliphatic heterocycles. The minimum absolute atomic E-state index is 0.827. The minimum atomic E-state index is 0.827. The fraction of sp³-hybridized carbons (Fsp3) is 0.421. The average Bonchev–Trinajstić information content (AvgIpc) is 2.81. The summed E-state index contributed by atoms with van der Waals surface area (Å²) < 4.78 is 2.25. The van der Waals surface area contributed by atoms with Crippen molar-refractivity contribution < 1.29 is 0 Å². The van der Waals surface area contributed by atoms with Gasteiger partial charge in [-0.1, -0.05) is 18.2 Å². The van der Waals surface area contributed by atoms with E-state index in [1.165, 1.54) is 21.8 Å². The van der Waals surface area contributed by atoms with Gasteiger partial charge in [0.1, 0.15) is 0 Å². The first-order valence-corrected chi connectivity index (χ1v) is 8.27. The van der Waals surface area contributed by atoms with E-state index in [9.17, 15) is 0 Å². The van der Waals surface area contributed by atoms with Crippen LogP contribution in [0.25, 0.3) is 21.8 Å². The zero-order valence-corrected chi connectivity index (χ0v) is 14.6. The van der Waals surface area contributed by atoms with E-state index in [1.807, 2.05) is 0 Å². The Labute approximate surface area is 138 Å². The van der Waals surface area contributed by atoms with Gasteiger partial charge in [-0.05, 0) is 52.7 Å².